The van der Waals surface area contributed by atoms with Crippen LogP contribution in [-0.4, -0.2) is 60.3 Å². The van der Waals surface area contributed by atoms with Crippen molar-refractivity contribution in [2.75, 3.05) is 39.3 Å². The molecule has 2 fully saturated rings. The molecule has 88 valence electrons. The summed E-state index contributed by atoms with van der Waals surface area (Å²) in [6.07, 6.45) is 4.12. The van der Waals surface area contributed by atoms with E-state index in [4.69, 9.17) is 5.11 Å². The molecule has 2 aliphatic rings. The highest BCUT2D eigenvalue weighted by Gasteiger charge is 2.29. The molecule has 0 spiro atoms. The first-order chi connectivity index (χ1) is 7.29. The number of rotatable bonds is 4. The maximum Gasteiger partial charge on any atom is 0.0468 e. The van der Waals surface area contributed by atoms with Crippen LogP contribution in [0.2, 0.25) is 0 Å². The van der Waals surface area contributed by atoms with Crippen LogP contribution in [0.1, 0.15) is 26.2 Å². The predicted molar refractivity (Wildman–Crippen MR) is 61.9 cm³/mol. The summed E-state index contributed by atoms with van der Waals surface area (Å²) in [5.74, 6) is 0.433. The van der Waals surface area contributed by atoms with Gasteiger partial charge in [-0.25, -0.2) is 0 Å². The Morgan fingerprint density at radius 2 is 2.00 bits per heavy atom. The molecule has 2 atom stereocenters. The Morgan fingerprint density at radius 3 is 2.67 bits per heavy atom. The zero-order valence-corrected chi connectivity index (χ0v) is 9.86. The van der Waals surface area contributed by atoms with Gasteiger partial charge in [-0.1, -0.05) is 6.92 Å². The van der Waals surface area contributed by atoms with E-state index in [0.717, 1.165) is 12.6 Å². The molecule has 2 aliphatic heterocycles. The quantitative estimate of drug-likeness (QED) is 0.746. The lowest BCUT2D eigenvalue weighted by Gasteiger charge is -2.24. The molecule has 0 radical (unpaired) electrons. The first-order valence-corrected chi connectivity index (χ1v) is 6.37. The SMILES string of the molecule is CC(CO)CN1CCC(N2CCCC2)C1. The summed E-state index contributed by atoms with van der Waals surface area (Å²) in [6, 6.07) is 0.804. The molecule has 2 unspecified atom stereocenters. The summed E-state index contributed by atoms with van der Waals surface area (Å²) >= 11 is 0. The van der Waals surface area contributed by atoms with Crippen molar-refractivity contribution >= 4 is 0 Å². The molecular formula is C12H24N2O. The van der Waals surface area contributed by atoms with E-state index in [0.29, 0.717) is 12.5 Å². The molecule has 15 heavy (non-hydrogen) atoms. The van der Waals surface area contributed by atoms with Gasteiger partial charge in [-0.05, 0) is 44.8 Å². The predicted octanol–water partition coefficient (Wildman–Crippen LogP) is 0.785. The van der Waals surface area contributed by atoms with Gasteiger partial charge in [-0.3, -0.25) is 4.90 Å². The third-order valence-corrected chi connectivity index (χ3v) is 3.79. The van der Waals surface area contributed by atoms with Gasteiger partial charge in [0.1, 0.15) is 0 Å². The monoisotopic (exact) mass is 212 g/mol. The summed E-state index contributed by atoms with van der Waals surface area (Å²) < 4.78 is 0. The summed E-state index contributed by atoms with van der Waals surface area (Å²) in [5.41, 5.74) is 0. The molecule has 1 N–H and O–H groups in total. The number of hydrogen-bond donors (Lipinski definition) is 1. The second-order valence-corrected chi connectivity index (χ2v) is 5.23. The standard InChI is InChI=1S/C12H24N2O/c1-11(10-15)8-13-7-4-12(9-13)14-5-2-3-6-14/h11-12,15H,2-10H2,1H3. The fourth-order valence-corrected chi connectivity index (χ4v) is 2.88. The lowest BCUT2D eigenvalue weighted by molar-refractivity contribution is 0.178. The van der Waals surface area contributed by atoms with Crippen molar-refractivity contribution in [3.8, 4) is 0 Å². The van der Waals surface area contributed by atoms with Crippen molar-refractivity contribution < 1.29 is 5.11 Å². The maximum absolute atomic E-state index is 9.04. The number of aliphatic hydroxyl groups excluding tert-OH is 1. The summed E-state index contributed by atoms with van der Waals surface area (Å²) in [4.78, 5) is 5.17. The Labute approximate surface area is 93.1 Å². The summed E-state index contributed by atoms with van der Waals surface area (Å²) in [7, 11) is 0. The van der Waals surface area contributed by atoms with E-state index in [2.05, 4.69) is 16.7 Å². The van der Waals surface area contributed by atoms with Crippen molar-refractivity contribution in [1.82, 2.24) is 9.80 Å². The van der Waals surface area contributed by atoms with Crippen LogP contribution in [0.15, 0.2) is 0 Å². The Hall–Kier alpha value is -0.120. The highest BCUT2D eigenvalue weighted by atomic mass is 16.3. The zero-order valence-electron chi connectivity index (χ0n) is 9.86. The largest absolute Gasteiger partial charge is 0.396 e. The van der Waals surface area contributed by atoms with Gasteiger partial charge in [0.2, 0.25) is 0 Å². The highest BCUT2D eigenvalue weighted by Crippen LogP contribution is 2.20. The third kappa shape index (κ3) is 2.92. The number of nitrogens with zero attached hydrogens (tertiary/aromatic N) is 2. The van der Waals surface area contributed by atoms with E-state index >= 15 is 0 Å². The Balaban J connectivity index is 1.74. The van der Waals surface area contributed by atoms with E-state index in [1.165, 1.54) is 45.4 Å². The first kappa shape index (κ1) is 11.4. The van der Waals surface area contributed by atoms with E-state index in [-0.39, 0.29) is 0 Å². The molecule has 0 aliphatic carbocycles. The van der Waals surface area contributed by atoms with Crippen LogP contribution in [0.3, 0.4) is 0 Å². The van der Waals surface area contributed by atoms with Crippen molar-refractivity contribution in [3.63, 3.8) is 0 Å². The Kier molecular flexibility index (Phi) is 4.00. The van der Waals surface area contributed by atoms with Crippen LogP contribution in [0.5, 0.6) is 0 Å². The molecule has 3 heteroatoms. The first-order valence-electron chi connectivity index (χ1n) is 6.37. The van der Waals surface area contributed by atoms with Crippen molar-refractivity contribution in [3.05, 3.63) is 0 Å². The molecule has 0 aromatic rings. The molecule has 0 amide bonds. The molecule has 2 rings (SSSR count). The van der Waals surface area contributed by atoms with Crippen LogP contribution in [0.4, 0.5) is 0 Å². The summed E-state index contributed by atoms with van der Waals surface area (Å²) in [6.45, 7) is 8.60. The van der Waals surface area contributed by atoms with E-state index in [1.54, 1.807) is 0 Å². The minimum Gasteiger partial charge on any atom is -0.396 e. The fraction of sp³-hybridized carbons (Fsp3) is 1.00. The normalized spacial score (nSPS) is 31.2. The molecule has 3 nitrogen and oxygen atoms in total. The van der Waals surface area contributed by atoms with Crippen molar-refractivity contribution in [2.45, 2.75) is 32.2 Å². The van der Waals surface area contributed by atoms with Crippen LogP contribution >= 0.6 is 0 Å². The van der Waals surface area contributed by atoms with Gasteiger partial charge < -0.3 is 10.0 Å². The molecular weight excluding hydrogens is 188 g/mol. The van der Waals surface area contributed by atoms with Gasteiger partial charge >= 0.3 is 0 Å². The molecule has 2 saturated heterocycles. The molecule has 0 bridgehead atoms. The maximum atomic E-state index is 9.04. The van der Waals surface area contributed by atoms with Crippen molar-refractivity contribution in [1.29, 1.82) is 0 Å². The third-order valence-electron chi connectivity index (χ3n) is 3.79. The smallest absolute Gasteiger partial charge is 0.0468 e. The Morgan fingerprint density at radius 1 is 1.27 bits per heavy atom. The second kappa shape index (κ2) is 5.28. The molecule has 0 aromatic heterocycles. The van der Waals surface area contributed by atoms with Gasteiger partial charge in [-0.15, -0.1) is 0 Å². The van der Waals surface area contributed by atoms with Crippen LogP contribution in [-0.2, 0) is 0 Å². The number of hydrogen-bond acceptors (Lipinski definition) is 3. The molecule has 0 aromatic carbocycles. The van der Waals surface area contributed by atoms with Crippen LogP contribution < -0.4 is 0 Å². The second-order valence-electron chi connectivity index (χ2n) is 5.23. The van der Waals surface area contributed by atoms with Gasteiger partial charge in [0, 0.05) is 25.7 Å². The van der Waals surface area contributed by atoms with E-state index in [9.17, 15) is 0 Å². The minimum absolute atomic E-state index is 0.324. The van der Waals surface area contributed by atoms with Crippen molar-refractivity contribution in [2.24, 2.45) is 5.92 Å². The zero-order chi connectivity index (χ0) is 10.7. The van der Waals surface area contributed by atoms with E-state index in [1.807, 2.05) is 0 Å². The minimum atomic E-state index is 0.324. The summed E-state index contributed by atoms with van der Waals surface area (Å²) in [5, 5.41) is 9.04. The van der Waals surface area contributed by atoms with Gasteiger partial charge in [0.05, 0.1) is 0 Å². The lowest BCUT2D eigenvalue weighted by Crippen LogP contribution is -2.36. The molecule has 0 saturated carbocycles. The van der Waals surface area contributed by atoms with Crippen LogP contribution in [0.25, 0.3) is 0 Å². The number of likely N-dealkylation sites (tertiary alicyclic amines) is 2. The Bertz CT molecular complexity index is 192. The molecule has 2 heterocycles. The van der Waals surface area contributed by atoms with Crippen LogP contribution in [0, 0.1) is 5.92 Å². The topological polar surface area (TPSA) is 26.7 Å². The average Bonchev–Trinajstić information content (AvgIpc) is 2.85. The number of aliphatic hydroxyl groups is 1. The lowest BCUT2D eigenvalue weighted by atomic mass is 10.2. The fourth-order valence-electron chi connectivity index (χ4n) is 2.88. The average molecular weight is 212 g/mol. The van der Waals surface area contributed by atoms with Gasteiger partial charge in [-0.2, -0.15) is 0 Å². The van der Waals surface area contributed by atoms with Gasteiger partial charge in [0.25, 0.3) is 0 Å². The highest BCUT2D eigenvalue weighted by molar-refractivity contribution is 4.85. The van der Waals surface area contributed by atoms with E-state index < -0.39 is 0 Å². The van der Waals surface area contributed by atoms with Gasteiger partial charge in [0.15, 0.2) is 0 Å².